The van der Waals surface area contributed by atoms with Gasteiger partial charge in [0.15, 0.2) is 5.84 Å². The number of likely N-dealkylation sites (tertiary alicyclic amines) is 1. The van der Waals surface area contributed by atoms with E-state index in [9.17, 15) is 8.42 Å². The second-order valence-corrected chi connectivity index (χ2v) is 11.8. The maximum atomic E-state index is 15.2. The molecule has 2 aromatic rings. The van der Waals surface area contributed by atoms with Gasteiger partial charge in [-0.1, -0.05) is 20.4 Å². The molecule has 10 heteroatoms. The molecular formula is C25H31FN6O2S. The molecule has 0 radical (unpaired) electrons. The van der Waals surface area contributed by atoms with Gasteiger partial charge in [0, 0.05) is 47.7 Å². The Morgan fingerprint density at radius 1 is 1.37 bits per heavy atom. The van der Waals surface area contributed by atoms with Gasteiger partial charge in [-0.15, -0.1) is 0 Å². The van der Waals surface area contributed by atoms with E-state index in [-0.39, 0.29) is 23.4 Å². The number of sulfone groups is 1. The van der Waals surface area contributed by atoms with Gasteiger partial charge in [0.2, 0.25) is 0 Å². The number of amidine groups is 1. The molecule has 0 amide bonds. The Balaban J connectivity index is 1.64. The van der Waals surface area contributed by atoms with Crippen molar-refractivity contribution in [2.24, 2.45) is 9.98 Å². The lowest BCUT2D eigenvalue weighted by Crippen LogP contribution is -2.36. The van der Waals surface area contributed by atoms with Gasteiger partial charge in [-0.2, -0.15) is 0 Å². The van der Waals surface area contributed by atoms with Crippen molar-refractivity contribution >= 4 is 44.8 Å². The monoisotopic (exact) mass is 498 g/mol. The van der Waals surface area contributed by atoms with Crippen LogP contribution in [0.2, 0.25) is 0 Å². The summed E-state index contributed by atoms with van der Waals surface area (Å²) in [5.41, 5.74) is 5.09. The van der Waals surface area contributed by atoms with Gasteiger partial charge in [-0.3, -0.25) is 5.41 Å². The van der Waals surface area contributed by atoms with Crippen molar-refractivity contribution in [1.82, 2.24) is 14.9 Å². The number of fused-ring (bicyclic) bond motifs is 1. The molecule has 2 aromatic heterocycles. The molecule has 2 N–H and O–H groups in total. The van der Waals surface area contributed by atoms with E-state index in [2.05, 4.69) is 40.3 Å². The quantitative estimate of drug-likeness (QED) is 0.442. The third-order valence-corrected chi connectivity index (χ3v) is 7.46. The van der Waals surface area contributed by atoms with Gasteiger partial charge in [-0.25, -0.2) is 27.8 Å². The zero-order valence-electron chi connectivity index (χ0n) is 20.3. The number of halogens is 1. The van der Waals surface area contributed by atoms with E-state index in [1.54, 1.807) is 6.21 Å². The van der Waals surface area contributed by atoms with Crippen LogP contribution >= 0.6 is 0 Å². The van der Waals surface area contributed by atoms with Gasteiger partial charge in [0.05, 0.1) is 28.2 Å². The number of nitrogens with zero attached hydrogens (tertiary/aromatic N) is 4. The van der Waals surface area contributed by atoms with E-state index in [4.69, 9.17) is 10.4 Å². The molecule has 8 nitrogen and oxygen atoms in total. The Morgan fingerprint density at radius 2 is 2.09 bits per heavy atom. The molecule has 4 rings (SSSR count). The average molecular weight is 499 g/mol. The molecule has 0 saturated carbocycles. The first-order valence-electron chi connectivity index (χ1n) is 11.7. The smallest absolute Gasteiger partial charge is 0.160 e. The second-order valence-electron chi connectivity index (χ2n) is 9.53. The van der Waals surface area contributed by atoms with E-state index >= 15 is 4.39 Å². The van der Waals surface area contributed by atoms with Crippen molar-refractivity contribution in [3.8, 4) is 0 Å². The number of rotatable bonds is 7. The maximum absolute atomic E-state index is 15.2. The van der Waals surface area contributed by atoms with Gasteiger partial charge in [0.1, 0.15) is 22.0 Å². The molecule has 0 aliphatic carbocycles. The first kappa shape index (κ1) is 25.1. The second kappa shape index (κ2) is 9.94. The molecule has 0 spiro atoms. The summed E-state index contributed by atoms with van der Waals surface area (Å²) in [6, 6.07) is 1.53. The summed E-state index contributed by atoms with van der Waals surface area (Å²) in [7, 11) is -3.00. The maximum Gasteiger partial charge on any atom is 0.160 e. The van der Waals surface area contributed by atoms with Crippen molar-refractivity contribution < 1.29 is 12.8 Å². The normalized spacial score (nSPS) is 19.2. The predicted octanol–water partition coefficient (Wildman–Crippen LogP) is 4.08. The minimum Gasteiger partial charge on any atom is -0.353 e. The van der Waals surface area contributed by atoms with E-state index in [0.717, 1.165) is 54.6 Å². The van der Waals surface area contributed by atoms with Crippen molar-refractivity contribution in [3.05, 3.63) is 47.1 Å². The summed E-state index contributed by atoms with van der Waals surface area (Å²) in [5, 5.41) is 7.16. The van der Waals surface area contributed by atoms with Crippen LogP contribution in [0.15, 0.2) is 34.3 Å². The zero-order valence-corrected chi connectivity index (χ0v) is 21.1. The first-order chi connectivity index (χ1) is 16.6. The van der Waals surface area contributed by atoms with Crippen molar-refractivity contribution in [3.63, 3.8) is 0 Å². The number of hydrogen-bond acceptors (Lipinski definition) is 5. The highest BCUT2D eigenvalue weighted by Crippen LogP contribution is 2.36. The summed E-state index contributed by atoms with van der Waals surface area (Å²) >= 11 is 0. The molecule has 0 aromatic carbocycles. The van der Waals surface area contributed by atoms with Crippen LogP contribution in [0.4, 0.5) is 4.39 Å². The van der Waals surface area contributed by atoms with Crippen molar-refractivity contribution in [2.45, 2.75) is 38.5 Å². The van der Waals surface area contributed by atoms with E-state index < -0.39 is 9.84 Å². The topological polar surface area (TPSA) is 115 Å². The highest BCUT2D eigenvalue weighted by molar-refractivity contribution is 7.90. The highest BCUT2D eigenvalue weighted by atomic mass is 32.2. The van der Waals surface area contributed by atoms with Crippen molar-refractivity contribution in [2.75, 3.05) is 31.6 Å². The van der Waals surface area contributed by atoms with E-state index in [0.29, 0.717) is 29.2 Å². The number of aliphatic imine (C=N–C) groups is 2. The molecule has 1 fully saturated rings. The Morgan fingerprint density at radius 3 is 2.69 bits per heavy atom. The summed E-state index contributed by atoms with van der Waals surface area (Å²) in [6.45, 7) is 10.1. The lowest BCUT2D eigenvalue weighted by Gasteiger charge is -2.31. The third-order valence-electron chi connectivity index (χ3n) is 6.54. The fourth-order valence-corrected chi connectivity index (χ4v) is 5.33. The fourth-order valence-electron chi connectivity index (χ4n) is 4.74. The van der Waals surface area contributed by atoms with Crippen LogP contribution in [-0.4, -0.2) is 73.3 Å². The molecule has 0 unspecified atom stereocenters. The molecule has 4 heterocycles. The molecule has 2 aliphatic heterocycles. The lowest BCUT2D eigenvalue weighted by molar-refractivity contribution is 0.220. The van der Waals surface area contributed by atoms with Crippen LogP contribution in [0.5, 0.6) is 0 Å². The Labute approximate surface area is 205 Å². The molecular weight excluding hydrogens is 467 g/mol. The van der Waals surface area contributed by atoms with E-state index in [1.807, 2.05) is 6.08 Å². The summed E-state index contributed by atoms with van der Waals surface area (Å²) < 4.78 is 38.2. The minimum absolute atomic E-state index is 0.0117. The predicted molar refractivity (Wildman–Crippen MR) is 140 cm³/mol. The number of H-pyrrole nitrogens is 1. The number of dihydropyridines is 1. The van der Waals surface area contributed by atoms with Crippen LogP contribution in [0.3, 0.4) is 0 Å². The molecule has 35 heavy (non-hydrogen) atoms. The van der Waals surface area contributed by atoms with Gasteiger partial charge >= 0.3 is 0 Å². The SMILES string of the molecule is C=C1C=C(c2[nH]c3cc(F)c(C4CCN(CCS(C)(=O)=O)CC4)nc3c2C(C)C)C=NC1=NC=N. The fraction of sp³-hybridized carbons (Fsp3) is 0.440. The number of pyridine rings is 1. The number of hydrogen-bond donors (Lipinski definition) is 2. The Bertz CT molecular complexity index is 1360. The standard InChI is InChI=1S/C25H31FN6O2S/c1-15(2)21-23(18-11-16(3)25(28-13-18)29-14-27)30-20-12-19(26)22(31-24(20)21)17-5-7-32(8-6-17)9-10-35(4,33)34/h11-15,17,27,30H,3,5-10H2,1-2,4H3. The lowest BCUT2D eigenvalue weighted by atomic mass is 9.92. The van der Waals surface area contributed by atoms with Gasteiger partial charge in [-0.05, 0) is 37.9 Å². The molecule has 1 saturated heterocycles. The summed E-state index contributed by atoms with van der Waals surface area (Å²) in [4.78, 5) is 18.5. The number of aromatic nitrogens is 2. The average Bonchev–Trinajstić information content (AvgIpc) is 3.17. The minimum atomic E-state index is -3.00. The Hall–Kier alpha value is -2.98. The first-order valence-corrected chi connectivity index (χ1v) is 13.8. The zero-order chi connectivity index (χ0) is 25.3. The van der Waals surface area contributed by atoms with Crippen LogP contribution in [0, 0.1) is 11.2 Å². The third kappa shape index (κ3) is 5.48. The number of piperidine rings is 1. The van der Waals surface area contributed by atoms with Crippen LogP contribution in [0.1, 0.15) is 55.5 Å². The Kier molecular flexibility index (Phi) is 7.14. The molecule has 186 valence electrons. The van der Waals surface area contributed by atoms with E-state index in [1.165, 1.54) is 12.3 Å². The number of nitrogens with one attached hydrogen (secondary N) is 2. The largest absolute Gasteiger partial charge is 0.353 e. The molecule has 0 bridgehead atoms. The summed E-state index contributed by atoms with van der Waals surface area (Å²) in [6.07, 6.45) is 7.19. The summed E-state index contributed by atoms with van der Waals surface area (Å²) in [5.74, 6) is 0.316. The molecule has 0 atom stereocenters. The van der Waals surface area contributed by atoms with Crippen LogP contribution < -0.4 is 0 Å². The number of allylic oxidation sites excluding steroid dienone is 1. The highest BCUT2D eigenvalue weighted by Gasteiger charge is 2.27. The number of aromatic amines is 1. The molecule has 2 aliphatic rings. The van der Waals surface area contributed by atoms with Crippen LogP contribution in [0.25, 0.3) is 16.6 Å². The van der Waals surface area contributed by atoms with Crippen LogP contribution in [-0.2, 0) is 9.84 Å². The van der Waals surface area contributed by atoms with Crippen molar-refractivity contribution in [1.29, 1.82) is 5.41 Å². The van der Waals surface area contributed by atoms with Gasteiger partial charge in [0.25, 0.3) is 0 Å². The van der Waals surface area contributed by atoms with Gasteiger partial charge < -0.3 is 9.88 Å².